The van der Waals surface area contributed by atoms with Crippen LogP contribution in [0, 0.1) is 0 Å². The van der Waals surface area contributed by atoms with E-state index < -0.39 is 24.4 Å². The van der Waals surface area contributed by atoms with E-state index in [2.05, 4.69) is 17.2 Å². The molecule has 9 heteroatoms. The molecular weight excluding hydrogens is 450 g/mol. The second-order valence-corrected chi connectivity index (χ2v) is 7.49. The van der Waals surface area contributed by atoms with Crippen LogP contribution in [0.2, 0.25) is 0 Å². The van der Waals surface area contributed by atoms with Gasteiger partial charge in [-0.15, -0.1) is 6.58 Å². The topological polar surface area (TPSA) is 106 Å². The van der Waals surface area contributed by atoms with Gasteiger partial charge < -0.3 is 24.8 Å². The summed E-state index contributed by atoms with van der Waals surface area (Å²) in [7, 11) is 1.48. The molecule has 35 heavy (non-hydrogen) atoms. The molecule has 4 amide bonds. The molecule has 0 aliphatic carbocycles. The minimum atomic E-state index is -0.682. The lowest BCUT2D eigenvalue weighted by atomic mass is 10.0. The summed E-state index contributed by atoms with van der Waals surface area (Å²) in [6, 6.07) is 9.76. The van der Waals surface area contributed by atoms with Crippen molar-refractivity contribution >= 4 is 29.6 Å². The number of nitrogens with one attached hydrogen (secondary N) is 2. The lowest BCUT2D eigenvalue weighted by Gasteiger charge is -2.16. The molecule has 184 valence electrons. The van der Waals surface area contributed by atoms with Gasteiger partial charge in [-0.05, 0) is 56.2 Å². The zero-order valence-corrected chi connectivity index (χ0v) is 20.1. The third kappa shape index (κ3) is 6.00. The first kappa shape index (κ1) is 25.4. The van der Waals surface area contributed by atoms with Crippen LogP contribution in [0.1, 0.15) is 25.0 Å². The third-order valence-electron chi connectivity index (χ3n) is 5.06. The van der Waals surface area contributed by atoms with Crippen molar-refractivity contribution in [2.75, 3.05) is 32.2 Å². The molecule has 2 N–H and O–H groups in total. The van der Waals surface area contributed by atoms with Crippen LogP contribution in [0.4, 0.5) is 10.5 Å². The van der Waals surface area contributed by atoms with Crippen molar-refractivity contribution in [2.45, 2.75) is 20.3 Å². The molecule has 0 aromatic heterocycles. The number of ether oxygens (including phenoxy) is 3. The zero-order valence-electron chi connectivity index (χ0n) is 20.1. The van der Waals surface area contributed by atoms with Gasteiger partial charge in [-0.3, -0.25) is 9.59 Å². The van der Waals surface area contributed by atoms with Gasteiger partial charge in [0.15, 0.2) is 11.5 Å². The second-order valence-electron chi connectivity index (χ2n) is 7.49. The smallest absolute Gasteiger partial charge is 0.329 e. The number of hydrogen-bond acceptors (Lipinski definition) is 6. The number of allylic oxidation sites excluding steroid dienone is 1. The quantitative estimate of drug-likeness (QED) is 0.289. The molecule has 1 heterocycles. The van der Waals surface area contributed by atoms with Crippen LogP contribution in [0.15, 0.2) is 54.8 Å². The Morgan fingerprint density at radius 3 is 2.54 bits per heavy atom. The minimum absolute atomic E-state index is 0.0521. The summed E-state index contributed by atoms with van der Waals surface area (Å²) >= 11 is 0. The molecule has 0 spiro atoms. The largest absolute Gasteiger partial charge is 0.495 e. The highest BCUT2D eigenvalue weighted by Gasteiger charge is 2.35. The maximum absolute atomic E-state index is 12.9. The molecule has 1 fully saturated rings. The summed E-state index contributed by atoms with van der Waals surface area (Å²) in [5.74, 6) is 0.474. The molecule has 1 aliphatic rings. The minimum Gasteiger partial charge on any atom is -0.495 e. The lowest BCUT2D eigenvalue weighted by molar-refractivity contribution is -0.127. The fourth-order valence-corrected chi connectivity index (χ4v) is 3.61. The molecule has 1 saturated heterocycles. The predicted molar refractivity (Wildman–Crippen MR) is 133 cm³/mol. The monoisotopic (exact) mass is 479 g/mol. The number of methoxy groups -OCH3 is 1. The van der Waals surface area contributed by atoms with Crippen molar-refractivity contribution in [1.29, 1.82) is 0 Å². The summed E-state index contributed by atoms with van der Waals surface area (Å²) in [5.41, 5.74) is 1.97. The van der Waals surface area contributed by atoms with Gasteiger partial charge in [0.2, 0.25) is 5.91 Å². The van der Waals surface area contributed by atoms with Gasteiger partial charge in [0.1, 0.15) is 18.0 Å². The van der Waals surface area contributed by atoms with Crippen LogP contribution in [-0.4, -0.2) is 49.6 Å². The van der Waals surface area contributed by atoms with Crippen molar-refractivity contribution in [3.8, 4) is 17.2 Å². The second kappa shape index (κ2) is 11.7. The van der Waals surface area contributed by atoms with Crippen molar-refractivity contribution < 1.29 is 28.6 Å². The van der Waals surface area contributed by atoms with Crippen LogP contribution in [-0.2, 0) is 16.0 Å². The summed E-state index contributed by atoms with van der Waals surface area (Å²) in [5, 5.41) is 5.20. The van der Waals surface area contributed by atoms with Gasteiger partial charge in [-0.25, -0.2) is 9.69 Å². The molecule has 1 aliphatic heterocycles. The number of hydrogen-bond donors (Lipinski definition) is 2. The summed E-state index contributed by atoms with van der Waals surface area (Å²) in [6.45, 7) is 7.98. The number of rotatable bonds is 11. The first-order chi connectivity index (χ1) is 16.9. The molecule has 2 aromatic rings. The third-order valence-corrected chi connectivity index (χ3v) is 5.06. The van der Waals surface area contributed by atoms with Gasteiger partial charge in [0.05, 0.1) is 26.0 Å². The first-order valence-electron chi connectivity index (χ1n) is 11.2. The SMILES string of the molecule is C=CCc1cc(/C=C2/NC(=O)N(CC(=O)Nc3ccccc3OC)C2=O)cc(OCC)c1OCC. The molecule has 9 nitrogen and oxygen atoms in total. The molecule has 0 radical (unpaired) electrons. The van der Waals surface area contributed by atoms with Crippen LogP contribution >= 0.6 is 0 Å². The number of amides is 4. The number of para-hydroxylation sites is 2. The molecule has 0 saturated carbocycles. The molecule has 3 rings (SSSR count). The van der Waals surface area contributed by atoms with Crippen LogP contribution < -0.4 is 24.8 Å². The highest BCUT2D eigenvalue weighted by atomic mass is 16.5. The normalized spacial score (nSPS) is 14.0. The van der Waals surface area contributed by atoms with Gasteiger partial charge in [0, 0.05) is 5.56 Å². The number of nitrogens with zero attached hydrogens (tertiary/aromatic N) is 1. The number of benzene rings is 2. The predicted octanol–water partition coefficient (Wildman–Crippen LogP) is 3.75. The number of imide groups is 1. The van der Waals surface area contributed by atoms with E-state index in [1.54, 1.807) is 42.5 Å². The average Bonchev–Trinajstić information content (AvgIpc) is 3.09. The van der Waals surface area contributed by atoms with Gasteiger partial charge in [-0.2, -0.15) is 0 Å². The van der Waals surface area contributed by atoms with E-state index in [0.29, 0.717) is 48.1 Å². The molecular formula is C26H29N3O6. The van der Waals surface area contributed by atoms with E-state index >= 15 is 0 Å². The Morgan fingerprint density at radius 1 is 1.11 bits per heavy atom. The summed E-state index contributed by atoms with van der Waals surface area (Å²) in [6.07, 6.45) is 3.82. The molecule has 2 aromatic carbocycles. The van der Waals surface area contributed by atoms with Crippen LogP contribution in [0.3, 0.4) is 0 Å². The summed E-state index contributed by atoms with van der Waals surface area (Å²) < 4.78 is 16.7. The number of anilines is 1. The van der Waals surface area contributed by atoms with Crippen molar-refractivity contribution in [3.63, 3.8) is 0 Å². The van der Waals surface area contributed by atoms with Gasteiger partial charge in [0.25, 0.3) is 5.91 Å². The van der Waals surface area contributed by atoms with Crippen LogP contribution in [0.25, 0.3) is 6.08 Å². The fraction of sp³-hybridized carbons (Fsp3) is 0.269. The van der Waals surface area contributed by atoms with E-state index in [-0.39, 0.29) is 5.70 Å². The van der Waals surface area contributed by atoms with E-state index in [9.17, 15) is 14.4 Å². The Balaban J connectivity index is 1.82. The van der Waals surface area contributed by atoms with Gasteiger partial charge in [-0.1, -0.05) is 18.2 Å². The molecule has 0 unspecified atom stereocenters. The maximum Gasteiger partial charge on any atom is 0.329 e. The standard InChI is InChI=1S/C26H29N3O6/c1-5-10-18-13-17(15-22(34-6-2)24(18)35-7-3)14-20-25(31)29(26(32)28-20)16-23(30)27-19-11-8-9-12-21(19)33-4/h5,8-9,11-15H,1,6-7,10,16H2,2-4H3,(H,27,30)(H,28,32)/b20-14+. The van der Waals surface area contributed by atoms with E-state index in [4.69, 9.17) is 14.2 Å². The Kier molecular flexibility index (Phi) is 8.50. The highest BCUT2D eigenvalue weighted by molar-refractivity contribution is 6.16. The highest BCUT2D eigenvalue weighted by Crippen LogP contribution is 2.35. The van der Waals surface area contributed by atoms with Crippen molar-refractivity contribution in [2.24, 2.45) is 0 Å². The van der Waals surface area contributed by atoms with E-state index in [1.165, 1.54) is 7.11 Å². The van der Waals surface area contributed by atoms with Crippen LogP contribution in [0.5, 0.6) is 17.2 Å². The Bertz CT molecular complexity index is 1160. The van der Waals surface area contributed by atoms with Gasteiger partial charge >= 0.3 is 6.03 Å². The number of carbonyl (C=O) groups excluding carboxylic acids is 3. The van der Waals surface area contributed by atoms with Crippen molar-refractivity contribution in [3.05, 3.63) is 65.9 Å². The average molecular weight is 480 g/mol. The van der Waals surface area contributed by atoms with E-state index in [1.807, 2.05) is 19.9 Å². The summed E-state index contributed by atoms with van der Waals surface area (Å²) in [4.78, 5) is 38.8. The Labute approximate surface area is 204 Å². The number of carbonyl (C=O) groups is 3. The number of urea groups is 1. The van der Waals surface area contributed by atoms with Crippen molar-refractivity contribution in [1.82, 2.24) is 10.2 Å². The Hall–Kier alpha value is -4.27. The fourth-order valence-electron chi connectivity index (χ4n) is 3.61. The first-order valence-corrected chi connectivity index (χ1v) is 11.2. The Morgan fingerprint density at radius 2 is 1.86 bits per heavy atom. The molecule has 0 atom stereocenters. The molecule has 0 bridgehead atoms. The lowest BCUT2D eigenvalue weighted by Crippen LogP contribution is -2.38. The van der Waals surface area contributed by atoms with E-state index in [0.717, 1.165) is 10.5 Å². The maximum atomic E-state index is 12.9. The zero-order chi connectivity index (χ0) is 25.4.